The summed E-state index contributed by atoms with van der Waals surface area (Å²) in [4.78, 5) is 39.7. The second-order valence-electron chi connectivity index (χ2n) is 9.62. The van der Waals surface area contributed by atoms with E-state index in [4.69, 9.17) is 4.74 Å². The van der Waals surface area contributed by atoms with Crippen LogP contribution in [0.2, 0.25) is 0 Å². The molecule has 7 heteroatoms. The Balaban J connectivity index is 1.18. The SMILES string of the molecule is Cc1ccc(OC(=O)C2CC(=O)N(c3cccc(CNC(=O)c4ccc(-c5ccc(O)cc5)cc4)c3)C2)cc1. The lowest BCUT2D eigenvalue weighted by molar-refractivity contribution is -0.139. The molecule has 1 heterocycles. The van der Waals surface area contributed by atoms with Crippen LogP contribution in [0.1, 0.15) is 27.9 Å². The van der Waals surface area contributed by atoms with Gasteiger partial charge in [0.2, 0.25) is 5.91 Å². The summed E-state index contributed by atoms with van der Waals surface area (Å²) in [6, 6.07) is 28.7. The fraction of sp³-hybridized carbons (Fsp3) is 0.156. The number of carbonyl (C=O) groups is 3. The summed E-state index contributed by atoms with van der Waals surface area (Å²) in [5.41, 5.74) is 4.99. The lowest BCUT2D eigenvalue weighted by atomic mass is 10.0. The Labute approximate surface area is 226 Å². The molecule has 2 amide bonds. The van der Waals surface area contributed by atoms with Gasteiger partial charge in [0.15, 0.2) is 0 Å². The number of amides is 2. The molecular formula is C32H28N2O5. The molecule has 196 valence electrons. The molecule has 1 saturated heterocycles. The lowest BCUT2D eigenvalue weighted by Crippen LogP contribution is -2.27. The van der Waals surface area contributed by atoms with Crippen molar-refractivity contribution in [2.75, 3.05) is 11.4 Å². The van der Waals surface area contributed by atoms with Gasteiger partial charge in [-0.3, -0.25) is 14.4 Å². The lowest BCUT2D eigenvalue weighted by Gasteiger charge is -2.18. The van der Waals surface area contributed by atoms with Gasteiger partial charge < -0.3 is 20.1 Å². The quantitative estimate of drug-likeness (QED) is 0.256. The van der Waals surface area contributed by atoms with E-state index >= 15 is 0 Å². The van der Waals surface area contributed by atoms with E-state index in [9.17, 15) is 19.5 Å². The Morgan fingerprint density at radius 1 is 0.923 bits per heavy atom. The van der Waals surface area contributed by atoms with Crippen LogP contribution in [-0.2, 0) is 16.1 Å². The predicted octanol–water partition coefficient (Wildman–Crippen LogP) is 5.26. The summed E-state index contributed by atoms with van der Waals surface area (Å²) < 4.78 is 5.48. The number of hydrogen-bond acceptors (Lipinski definition) is 5. The van der Waals surface area contributed by atoms with E-state index in [0.717, 1.165) is 22.3 Å². The van der Waals surface area contributed by atoms with Crippen LogP contribution < -0.4 is 15.0 Å². The van der Waals surface area contributed by atoms with Crippen molar-refractivity contribution >= 4 is 23.5 Å². The minimum absolute atomic E-state index is 0.0891. The average Bonchev–Trinajstić information content (AvgIpc) is 3.35. The Morgan fingerprint density at radius 2 is 1.59 bits per heavy atom. The van der Waals surface area contributed by atoms with Gasteiger partial charge in [0.25, 0.3) is 5.91 Å². The molecule has 0 aromatic heterocycles. The first-order valence-electron chi connectivity index (χ1n) is 12.7. The van der Waals surface area contributed by atoms with Gasteiger partial charge >= 0.3 is 5.97 Å². The van der Waals surface area contributed by atoms with E-state index in [1.54, 1.807) is 41.3 Å². The number of esters is 1. The predicted molar refractivity (Wildman–Crippen MR) is 148 cm³/mol. The minimum Gasteiger partial charge on any atom is -0.508 e. The van der Waals surface area contributed by atoms with E-state index in [1.807, 2.05) is 67.6 Å². The van der Waals surface area contributed by atoms with Crippen LogP contribution in [0, 0.1) is 12.8 Å². The summed E-state index contributed by atoms with van der Waals surface area (Å²) in [5.74, 6) is -0.663. The van der Waals surface area contributed by atoms with Crippen LogP contribution in [0.3, 0.4) is 0 Å². The van der Waals surface area contributed by atoms with Crippen LogP contribution in [0.5, 0.6) is 11.5 Å². The van der Waals surface area contributed by atoms with Gasteiger partial charge in [-0.1, -0.05) is 54.1 Å². The Bertz CT molecular complexity index is 1500. The van der Waals surface area contributed by atoms with Gasteiger partial charge in [-0.25, -0.2) is 0 Å². The van der Waals surface area contributed by atoms with Crippen LogP contribution in [0.15, 0.2) is 97.1 Å². The zero-order valence-corrected chi connectivity index (χ0v) is 21.5. The number of hydrogen-bond donors (Lipinski definition) is 2. The molecule has 7 nitrogen and oxygen atoms in total. The Morgan fingerprint density at radius 3 is 2.28 bits per heavy atom. The van der Waals surface area contributed by atoms with Crippen molar-refractivity contribution in [1.29, 1.82) is 0 Å². The number of carbonyl (C=O) groups excluding carboxylic acids is 3. The number of rotatable bonds is 7. The molecule has 2 N–H and O–H groups in total. The minimum atomic E-state index is -0.549. The zero-order chi connectivity index (χ0) is 27.4. The molecule has 0 bridgehead atoms. The van der Waals surface area contributed by atoms with Crippen LogP contribution in [0.4, 0.5) is 5.69 Å². The molecule has 4 aromatic rings. The summed E-state index contributed by atoms with van der Waals surface area (Å²) in [7, 11) is 0. The first-order chi connectivity index (χ1) is 18.9. The number of benzene rings is 4. The maximum absolute atomic E-state index is 12.7. The first-order valence-corrected chi connectivity index (χ1v) is 12.7. The second kappa shape index (κ2) is 11.2. The summed E-state index contributed by atoms with van der Waals surface area (Å²) in [6.07, 6.45) is 0.0891. The van der Waals surface area contributed by atoms with Crippen molar-refractivity contribution in [2.45, 2.75) is 19.9 Å². The average molecular weight is 521 g/mol. The van der Waals surface area contributed by atoms with Gasteiger partial charge in [0.1, 0.15) is 11.5 Å². The van der Waals surface area contributed by atoms with E-state index in [2.05, 4.69) is 5.32 Å². The molecule has 39 heavy (non-hydrogen) atoms. The molecule has 1 unspecified atom stereocenters. The highest BCUT2D eigenvalue weighted by Gasteiger charge is 2.36. The standard InChI is InChI=1S/C32H28N2O5/c1-21-5-15-29(16-6-21)39-32(38)26-18-30(36)34(20-26)27-4-2-3-22(17-27)19-33-31(37)25-9-7-23(8-10-25)24-11-13-28(35)14-12-24/h2-17,26,35H,18-20H2,1H3,(H,33,37). The molecule has 5 rings (SSSR count). The molecule has 4 aromatic carbocycles. The number of nitrogens with one attached hydrogen (secondary N) is 1. The van der Waals surface area contributed by atoms with E-state index in [-0.39, 0.29) is 37.1 Å². The van der Waals surface area contributed by atoms with Crippen molar-refractivity contribution in [3.05, 3.63) is 114 Å². The van der Waals surface area contributed by atoms with Gasteiger partial charge in [-0.05, 0) is 72.1 Å². The fourth-order valence-corrected chi connectivity index (χ4v) is 4.51. The van der Waals surface area contributed by atoms with Gasteiger partial charge in [-0.2, -0.15) is 0 Å². The first kappa shape index (κ1) is 25.7. The number of aryl methyl sites for hydroxylation is 1. The molecule has 1 fully saturated rings. The molecule has 0 saturated carbocycles. The molecule has 1 aliphatic rings. The Hall–Kier alpha value is -4.91. The van der Waals surface area contributed by atoms with Crippen molar-refractivity contribution < 1.29 is 24.2 Å². The number of phenolic OH excluding ortho intramolecular Hbond substituents is 1. The smallest absolute Gasteiger partial charge is 0.316 e. The normalized spacial score (nSPS) is 14.7. The second-order valence-corrected chi connectivity index (χ2v) is 9.62. The highest BCUT2D eigenvalue weighted by atomic mass is 16.5. The summed E-state index contributed by atoms with van der Waals surface area (Å²) >= 11 is 0. The molecule has 1 atom stereocenters. The van der Waals surface area contributed by atoms with Crippen LogP contribution in [-0.4, -0.2) is 29.4 Å². The van der Waals surface area contributed by atoms with Crippen molar-refractivity contribution in [3.63, 3.8) is 0 Å². The number of nitrogens with zero attached hydrogens (tertiary/aromatic N) is 1. The number of phenols is 1. The molecule has 0 spiro atoms. The fourth-order valence-electron chi connectivity index (χ4n) is 4.51. The highest BCUT2D eigenvalue weighted by molar-refractivity contribution is 6.00. The van der Waals surface area contributed by atoms with E-state index < -0.39 is 11.9 Å². The third-order valence-electron chi connectivity index (χ3n) is 6.72. The Kier molecular flexibility index (Phi) is 7.41. The number of ether oxygens (including phenoxy) is 1. The third-order valence-corrected chi connectivity index (χ3v) is 6.72. The number of anilines is 1. The monoisotopic (exact) mass is 520 g/mol. The molecular weight excluding hydrogens is 492 g/mol. The van der Waals surface area contributed by atoms with E-state index in [1.165, 1.54) is 0 Å². The number of aromatic hydroxyl groups is 1. The topological polar surface area (TPSA) is 95.9 Å². The third kappa shape index (κ3) is 6.15. The van der Waals surface area contributed by atoms with Gasteiger partial charge in [-0.15, -0.1) is 0 Å². The van der Waals surface area contributed by atoms with Gasteiger partial charge in [0.05, 0.1) is 5.92 Å². The summed E-state index contributed by atoms with van der Waals surface area (Å²) in [6.45, 7) is 2.48. The van der Waals surface area contributed by atoms with Crippen molar-refractivity contribution in [2.24, 2.45) is 5.92 Å². The van der Waals surface area contributed by atoms with E-state index in [0.29, 0.717) is 17.0 Å². The largest absolute Gasteiger partial charge is 0.508 e. The maximum atomic E-state index is 12.7. The molecule has 1 aliphatic heterocycles. The van der Waals surface area contributed by atoms with Gasteiger partial charge in [0, 0.05) is 30.8 Å². The van der Waals surface area contributed by atoms with Crippen LogP contribution >= 0.6 is 0 Å². The molecule has 0 radical (unpaired) electrons. The highest BCUT2D eigenvalue weighted by Crippen LogP contribution is 2.27. The maximum Gasteiger partial charge on any atom is 0.316 e. The van der Waals surface area contributed by atoms with Crippen molar-refractivity contribution in [1.82, 2.24) is 5.32 Å². The van der Waals surface area contributed by atoms with Crippen molar-refractivity contribution in [3.8, 4) is 22.6 Å². The summed E-state index contributed by atoms with van der Waals surface area (Å²) in [5, 5.41) is 12.4. The zero-order valence-electron chi connectivity index (χ0n) is 21.5. The van der Waals surface area contributed by atoms with Crippen LogP contribution in [0.25, 0.3) is 11.1 Å². The molecule has 0 aliphatic carbocycles.